The van der Waals surface area contributed by atoms with Gasteiger partial charge in [-0.2, -0.15) is 5.10 Å². The Morgan fingerprint density at radius 2 is 1.95 bits per heavy atom. The summed E-state index contributed by atoms with van der Waals surface area (Å²) in [6, 6.07) is 2.98. The van der Waals surface area contributed by atoms with Crippen LogP contribution in [0.2, 0.25) is 10.0 Å². The van der Waals surface area contributed by atoms with Crippen LogP contribution in [-0.2, 0) is 13.1 Å². The lowest BCUT2D eigenvalue weighted by molar-refractivity contribution is 0.468. The van der Waals surface area contributed by atoms with Crippen LogP contribution in [0.1, 0.15) is 19.7 Å². The molecule has 1 aromatic heterocycles. The van der Waals surface area contributed by atoms with Crippen molar-refractivity contribution in [2.75, 3.05) is 5.32 Å². The molecule has 0 unspecified atom stereocenters. The molecule has 2 rings (SSSR count). The Hall–Kier alpha value is -1.33. The smallest absolute Gasteiger partial charge is 0.160 e. The van der Waals surface area contributed by atoms with Crippen LogP contribution in [0.4, 0.5) is 10.1 Å². The predicted molar refractivity (Wildman–Crippen MR) is 78.6 cm³/mol. The van der Waals surface area contributed by atoms with E-state index in [0.717, 1.165) is 12.4 Å². The fraction of sp³-hybridized carbons (Fsp3) is 0.385. The summed E-state index contributed by atoms with van der Waals surface area (Å²) >= 11 is 11.5. The van der Waals surface area contributed by atoms with Gasteiger partial charge >= 0.3 is 0 Å². The minimum absolute atomic E-state index is 0.0105. The number of rotatable bonds is 5. The minimum Gasteiger partial charge on any atom is -0.378 e. The molecular formula is C13H15Cl2FN4. The lowest BCUT2D eigenvalue weighted by Crippen LogP contribution is -2.13. The van der Waals surface area contributed by atoms with Gasteiger partial charge in [0.05, 0.1) is 16.6 Å². The van der Waals surface area contributed by atoms with Crippen molar-refractivity contribution in [3.05, 3.63) is 40.1 Å². The Bertz CT molecular complexity index is 575. The quantitative estimate of drug-likeness (QED) is 0.848. The van der Waals surface area contributed by atoms with Gasteiger partial charge in [-0.15, -0.1) is 0 Å². The van der Waals surface area contributed by atoms with Crippen LogP contribution in [-0.4, -0.2) is 14.8 Å². The number of hydrogen-bond donors (Lipinski definition) is 1. The number of benzene rings is 1. The summed E-state index contributed by atoms with van der Waals surface area (Å²) in [5.74, 6) is 0.669. The van der Waals surface area contributed by atoms with Gasteiger partial charge in [0, 0.05) is 12.2 Å². The van der Waals surface area contributed by atoms with Gasteiger partial charge in [0.15, 0.2) is 5.82 Å². The van der Waals surface area contributed by atoms with Crippen LogP contribution < -0.4 is 5.32 Å². The van der Waals surface area contributed by atoms with Crippen molar-refractivity contribution in [2.45, 2.75) is 26.9 Å². The van der Waals surface area contributed by atoms with Gasteiger partial charge in [0.1, 0.15) is 12.2 Å². The summed E-state index contributed by atoms with van der Waals surface area (Å²) in [6.45, 7) is 5.48. The number of nitrogens with one attached hydrogen (secondary N) is 1. The summed E-state index contributed by atoms with van der Waals surface area (Å²) in [7, 11) is 0. The average molecular weight is 317 g/mol. The maximum atomic E-state index is 13.3. The van der Waals surface area contributed by atoms with E-state index in [-0.39, 0.29) is 10.0 Å². The highest BCUT2D eigenvalue weighted by molar-refractivity contribution is 6.35. The third-order valence-corrected chi connectivity index (χ3v) is 3.22. The normalized spacial score (nSPS) is 11.1. The summed E-state index contributed by atoms with van der Waals surface area (Å²) < 4.78 is 15.2. The summed E-state index contributed by atoms with van der Waals surface area (Å²) in [5, 5.41) is 7.26. The Kier molecular flexibility index (Phi) is 4.83. The number of halogens is 3. The van der Waals surface area contributed by atoms with E-state index >= 15 is 0 Å². The first-order valence-electron chi connectivity index (χ1n) is 6.22. The molecule has 0 saturated carbocycles. The lowest BCUT2D eigenvalue weighted by atomic mass is 10.2. The molecule has 1 heterocycles. The largest absolute Gasteiger partial charge is 0.378 e. The Labute approximate surface area is 126 Å². The summed E-state index contributed by atoms with van der Waals surface area (Å²) in [6.07, 6.45) is 1.52. The van der Waals surface area contributed by atoms with Crippen LogP contribution in [0.15, 0.2) is 18.5 Å². The highest BCUT2D eigenvalue weighted by Gasteiger charge is 2.09. The molecule has 0 bridgehead atoms. The second-order valence-electron chi connectivity index (χ2n) is 4.86. The topological polar surface area (TPSA) is 42.7 Å². The van der Waals surface area contributed by atoms with Crippen LogP contribution >= 0.6 is 23.2 Å². The van der Waals surface area contributed by atoms with Gasteiger partial charge in [-0.05, 0) is 18.1 Å². The van der Waals surface area contributed by atoms with Crippen LogP contribution in [0.25, 0.3) is 0 Å². The Morgan fingerprint density at radius 1 is 1.30 bits per heavy atom. The van der Waals surface area contributed by atoms with E-state index in [0.29, 0.717) is 18.2 Å². The van der Waals surface area contributed by atoms with E-state index < -0.39 is 5.82 Å². The van der Waals surface area contributed by atoms with Gasteiger partial charge in [-0.3, -0.25) is 0 Å². The highest BCUT2D eigenvalue weighted by atomic mass is 35.5. The van der Waals surface area contributed by atoms with E-state index in [1.165, 1.54) is 18.5 Å². The van der Waals surface area contributed by atoms with Crippen molar-refractivity contribution in [2.24, 2.45) is 5.92 Å². The van der Waals surface area contributed by atoms with Crippen molar-refractivity contribution in [1.82, 2.24) is 14.8 Å². The molecule has 0 aliphatic heterocycles. The summed E-state index contributed by atoms with van der Waals surface area (Å²) in [5.41, 5.74) is 0.639. The third-order valence-electron chi connectivity index (χ3n) is 2.67. The molecule has 108 valence electrons. The van der Waals surface area contributed by atoms with Crippen molar-refractivity contribution >= 4 is 28.9 Å². The van der Waals surface area contributed by atoms with E-state index in [4.69, 9.17) is 23.2 Å². The lowest BCUT2D eigenvalue weighted by Gasteiger charge is -2.11. The molecule has 0 radical (unpaired) electrons. The number of aromatic nitrogens is 3. The van der Waals surface area contributed by atoms with Gasteiger partial charge in [0.2, 0.25) is 0 Å². The maximum Gasteiger partial charge on any atom is 0.160 e. The van der Waals surface area contributed by atoms with Gasteiger partial charge in [-0.1, -0.05) is 37.0 Å². The maximum absolute atomic E-state index is 13.3. The van der Waals surface area contributed by atoms with Crippen LogP contribution in [0, 0.1) is 11.7 Å². The molecule has 4 nitrogen and oxygen atoms in total. The molecule has 0 spiro atoms. The van der Waals surface area contributed by atoms with Crippen LogP contribution in [0.3, 0.4) is 0 Å². The first kappa shape index (κ1) is 15.1. The van der Waals surface area contributed by atoms with Crippen molar-refractivity contribution in [1.29, 1.82) is 0 Å². The first-order valence-corrected chi connectivity index (χ1v) is 6.98. The molecule has 1 N–H and O–H groups in total. The van der Waals surface area contributed by atoms with Crippen molar-refractivity contribution in [3.8, 4) is 0 Å². The molecule has 0 amide bonds. The van der Waals surface area contributed by atoms with Gasteiger partial charge in [0.25, 0.3) is 0 Å². The van der Waals surface area contributed by atoms with Crippen molar-refractivity contribution in [3.63, 3.8) is 0 Å². The monoisotopic (exact) mass is 316 g/mol. The molecule has 2 aromatic rings. The number of hydrogen-bond acceptors (Lipinski definition) is 3. The number of nitrogens with zero attached hydrogens (tertiary/aromatic N) is 3. The standard InChI is InChI=1S/C13H15Cl2FN4/c1-8(2)6-20-12(18-7-19-20)5-17-9-3-10(14)13(16)11(15)4-9/h3-4,7-8,17H,5-6H2,1-2H3. The zero-order chi connectivity index (χ0) is 14.7. The predicted octanol–water partition coefficient (Wildman–Crippen LogP) is 3.99. The van der Waals surface area contributed by atoms with E-state index in [2.05, 4.69) is 29.2 Å². The second kappa shape index (κ2) is 6.41. The fourth-order valence-electron chi connectivity index (χ4n) is 1.76. The van der Waals surface area contributed by atoms with Gasteiger partial charge < -0.3 is 5.32 Å². The number of anilines is 1. The molecule has 0 fully saturated rings. The van der Waals surface area contributed by atoms with Gasteiger partial charge in [-0.25, -0.2) is 14.1 Å². The third kappa shape index (κ3) is 3.61. The molecule has 7 heteroatoms. The molecular weight excluding hydrogens is 302 g/mol. The SMILES string of the molecule is CC(C)Cn1ncnc1CNc1cc(Cl)c(F)c(Cl)c1. The Balaban J connectivity index is 2.07. The highest BCUT2D eigenvalue weighted by Crippen LogP contribution is 2.27. The molecule has 20 heavy (non-hydrogen) atoms. The molecule has 1 aromatic carbocycles. The fourth-order valence-corrected chi connectivity index (χ4v) is 2.25. The molecule has 0 aliphatic carbocycles. The first-order chi connectivity index (χ1) is 9.47. The molecule has 0 saturated heterocycles. The van der Waals surface area contributed by atoms with E-state index in [1.807, 2.05) is 4.68 Å². The van der Waals surface area contributed by atoms with Crippen LogP contribution in [0.5, 0.6) is 0 Å². The molecule has 0 aliphatic rings. The summed E-state index contributed by atoms with van der Waals surface area (Å²) in [4.78, 5) is 4.20. The Morgan fingerprint density at radius 3 is 2.55 bits per heavy atom. The van der Waals surface area contributed by atoms with Crippen molar-refractivity contribution < 1.29 is 4.39 Å². The van der Waals surface area contributed by atoms with E-state index in [1.54, 1.807) is 0 Å². The second-order valence-corrected chi connectivity index (χ2v) is 5.67. The minimum atomic E-state index is -0.609. The van der Waals surface area contributed by atoms with E-state index in [9.17, 15) is 4.39 Å². The zero-order valence-electron chi connectivity index (χ0n) is 11.2. The zero-order valence-corrected chi connectivity index (χ0v) is 12.7. The molecule has 0 atom stereocenters. The average Bonchev–Trinajstić information content (AvgIpc) is 2.79.